The topological polar surface area (TPSA) is 69.6 Å². The van der Waals surface area contributed by atoms with Crippen LogP contribution in [0.5, 0.6) is 0 Å². The number of nitrogens with one attached hydrogen (secondary N) is 1. The van der Waals surface area contributed by atoms with Crippen LogP contribution in [0.4, 0.5) is 5.69 Å². The summed E-state index contributed by atoms with van der Waals surface area (Å²) in [5, 5.41) is 11.9. The predicted molar refractivity (Wildman–Crippen MR) is 72.4 cm³/mol. The minimum absolute atomic E-state index is 0.0621. The van der Waals surface area contributed by atoms with E-state index in [1.54, 1.807) is 18.2 Å². The van der Waals surface area contributed by atoms with Crippen LogP contribution < -0.4 is 5.32 Å². The Balaban J connectivity index is 2.14. The molecule has 2 N–H and O–H groups in total. The van der Waals surface area contributed by atoms with E-state index < -0.39 is 5.97 Å². The molecule has 1 aromatic rings. The minimum Gasteiger partial charge on any atom is -0.478 e. The molecule has 0 saturated carbocycles. The molecule has 0 spiro atoms. The van der Waals surface area contributed by atoms with Gasteiger partial charge in [0.05, 0.1) is 17.2 Å². The largest absolute Gasteiger partial charge is 0.478 e. The number of carbonyl (C=O) groups excluding carboxylic acids is 1. The summed E-state index contributed by atoms with van der Waals surface area (Å²) in [6, 6.07) is 5.01. The van der Waals surface area contributed by atoms with Gasteiger partial charge in [-0.15, -0.1) is 0 Å². The Bertz CT molecular complexity index is 513. The zero-order valence-electron chi connectivity index (χ0n) is 11.1. The molecule has 1 aromatic carbocycles. The lowest BCUT2D eigenvalue weighted by atomic mass is 10.1. The first-order chi connectivity index (χ1) is 8.97. The maximum Gasteiger partial charge on any atom is 0.337 e. The number of benzene rings is 1. The average Bonchev–Trinajstić information content (AvgIpc) is 2.78. The summed E-state index contributed by atoms with van der Waals surface area (Å²) in [6.07, 6.45) is 0.816. The van der Waals surface area contributed by atoms with E-state index in [1.165, 1.54) is 0 Å². The van der Waals surface area contributed by atoms with Gasteiger partial charge in [-0.2, -0.15) is 0 Å². The third-order valence-electron chi connectivity index (χ3n) is 3.43. The number of hydrogen-bond donors (Lipinski definition) is 2. The number of anilines is 1. The third kappa shape index (κ3) is 3.12. The fourth-order valence-corrected chi connectivity index (χ4v) is 2.33. The van der Waals surface area contributed by atoms with E-state index in [0.717, 1.165) is 25.1 Å². The molecule has 1 fully saturated rings. The number of aromatic carboxylic acids is 1. The smallest absolute Gasteiger partial charge is 0.337 e. The Hall–Kier alpha value is -1.88. The van der Waals surface area contributed by atoms with Crippen molar-refractivity contribution in [2.75, 3.05) is 25.5 Å². The third-order valence-corrected chi connectivity index (χ3v) is 3.43. The molecule has 102 valence electrons. The molecule has 1 unspecified atom stereocenters. The SMILES string of the molecule is Cc1ccc(NC(=O)C2CCN(C)C2)c(C(=O)O)c1. The van der Waals surface area contributed by atoms with Crippen molar-refractivity contribution < 1.29 is 14.7 Å². The van der Waals surface area contributed by atoms with Gasteiger partial charge in [0.25, 0.3) is 0 Å². The molecule has 5 nitrogen and oxygen atoms in total. The molecule has 1 amide bonds. The molecule has 1 saturated heterocycles. The average molecular weight is 262 g/mol. The number of carboxylic acid groups (broad SMARTS) is 1. The summed E-state index contributed by atoms with van der Waals surface area (Å²) in [5.74, 6) is -1.19. The highest BCUT2D eigenvalue weighted by molar-refractivity contribution is 6.01. The molecular weight excluding hydrogens is 244 g/mol. The monoisotopic (exact) mass is 262 g/mol. The zero-order valence-corrected chi connectivity index (χ0v) is 11.1. The number of amides is 1. The quantitative estimate of drug-likeness (QED) is 0.867. The number of hydrogen-bond acceptors (Lipinski definition) is 3. The van der Waals surface area contributed by atoms with Gasteiger partial charge in [0.15, 0.2) is 0 Å². The van der Waals surface area contributed by atoms with Crippen molar-refractivity contribution in [3.8, 4) is 0 Å². The highest BCUT2D eigenvalue weighted by Crippen LogP contribution is 2.21. The van der Waals surface area contributed by atoms with E-state index in [-0.39, 0.29) is 17.4 Å². The first-order valence-electron chi connectivity index (χ1n) is 6.30. The van der Waals surface area contributed by atoms with Crippen LogP contribution in [0.1, 0.15) is 22.3 Å². The van der Waals surface area contributed by atoms with Gasteiger partial charge in [-0.05, 0) is 39.1 Å². The van der Waals surface area contributed by atoms with Gasteiger partial charge in [0, 0.05) is 6.54 Å². The van der Waals surface area contributed by atoms with Gasteiger partial charge < -0.3 is 15.3 Å². The normalized spacial score (nSPS) is 19.4. The number of carboxylic acids is 1. The first-order valence-corrected chi connectivity index (χ1v) is 6.30. The summed E-state index contributed by atoms with van der Waals surface area (Å²) in [6.45, 7) is 3.45. The van der Waals surface area contributed by atoms with Crippen LogP contribution in [0.25, 0.3) is 0 Å². The van der Waals surface area contributed by atoms with Crippen molar-refractivity contribution in [3.63, 3.8) is 0 Å². The number of nitrogens with zero attached hydrogens (tertiary/aromatic N) is 1. The fraction of sp³-hybridized carbons (Fsp3) is 0.429. The molecular formula is C14H18N2O3. The second kappa shape index (κ2) is 5.40. The number of carbonyl (C=O) groups is 2. The molecule has 1 atom stereocenters. The summed E-state index contributed by atoms with van der Waals surface area (Å²) in [5.41, 5.74) is 1.37. The molecule has 0 aliphatic carbocycles. The molecule has 19 heavy (non-hydrogen) atoms. The Kier molecular flexibility index (Phi) is 3.85. The predicted octanol–water partition coefficient (Wildman–Crippen LogP) is 1.58. The van der Waals surface area contributed by atoms with Crippen molar-refractivity contribution in [2.24, 2.45) is 5.92 Å². The van der Waals surface area contributed by atoms with E-state index in [4.69, 9.17) is 5.11 Å². The summed E-state index contributed by atoms with van der Waals surface area (Å²) >= 11 is 0. The highest BCUT2D eigenvalue weighted by Gasteiger charge is 2.26. The van der Waals surface area contributed by atoms with Crippen LogP contribution in [-0.4, -0.2) is 42.0 Å². The van der Waals surface area contributed by atoms with Crippen molar-refractivity contribution in [2.45, 2.75) is 13.3 Å². The van der Waals surface area contributed by atoms with E-state index in [1.807, 2.05) is 14.0 Å². The zero-order chi connectivity index (χ0) is 14.0. The van der Waals surface area contributed by atoms with Gasteiger partial charge in [-0.25, -0.2) is 4.79 Å². The Morgan fingerprint density at radius 1 is 1.42 bits per heavy atom. The minimum atomic E-state index is -1.03. The van der Waals surface area contributed by atoms with Gasteiger partial charge in [0.1, 0.15) is 0 Å². The van der Waals surface area contributed by atoms with E-state index in [9.17, 15) is 9.59 Å². The number of rotatable bonds is 3. The van der Waals surface area contributed by atoms with Gasteiger partial charge in [0.2, 0.25) is 5.91 Å². The van der Waals surface area contributed by atoms with Gasteiger partial charge in [-0.1, -0.05) is 11.6 Å². The summed E-state index contributed by atoms with van der Waals surface area (Å²) in [7, 11) is 1.97. The van der Waals surface area contributed by atoms with Crippen LogP contribution in [-0.2, 0) is 4.79 Å². The van der Waals surface area contributed by atoms with Crippen molar-refractivity contribution in [1.29, 1.82) is 0 Å². The molecule has 0 radical (unpaired) electrons. The van der Waals surface area contributed by atoms with Crippen LogP contribution in [0.2, 0.25) is 0 Å². The Morgan fingerprint density at radius 3 is 2.74 bits per heavy atom. The van der Waals surface area contributed by atoms with E-state index >= 15 is 0 Å². The number of aryl methyl sites for hydroxylation is 1. The molecule has 1 aliphatic rings. The molecule has 5 heteroatoms. The highest BCUT2D eigenvalue weighted by atomic mass is 16.4. The second-order valence-corrected chi connectivity index (χ2v) is 5.09. The van der Waals surface area contributed by atoms with E-state index in [2.05, 4.69) is 10.2 Å². The lowest BCUT2D eigenvalue weighted by Crippen LogP contribution is -2.26. The van der Waals surface area contributed by atoms with Crippen molar-refractivity contribution in [3.05, 3.63) is 29.3 Å². The Labute approximate surface area is 112 Å². The molecule has 0 bridgehead atoms. The number of likely N-dealkylation sites (tertiary alicyclic amines) is 1. The van der Waals surface area contributed by atoms with Crippen LogP contribution >= 0.6 is 0 Å². The van der Waals surface area contributed by atoms with Crippen LogP contribution in [0.3, 0.4) is 0 Å². The van der Waals surface area contributed by atoms with Gasteiger partial charge >= 0.3 is 5.97 Å². The second-order valence-electron chi connectivity index (χ2n) is 5.09. The van der Waals surface area contributed by atoms with E-state index in [0.29, 0.717) is 5.69 Å². The van der Waals surface area contributed by atoms with Crippen molar-refractivity contribution >= 4 is 17.6 Å². The molecule has 1 heterocycles. The molecule has 2 rings (SSSR count). The maximum absolute atomic E-state index is 12.1. The van der Waals surface area contributed by atoms with Crippen LogP contribution in [0, 0.1) is 12.8 Å². The summed E-state index contributed by atoms with van der Waals surface area (Å²) < 4.78 is 0. The first kappa shape index (κ1) is 13.5. The van der Waals surface area contributed by atoms with Crippen molar-refractivity contribution in [1.82, 2.24) is 4.90 Å². The lowest BCUT2D eigenvalue weighted by molar-refractivity contribution is -0.119. The molecule has 1 aliphatic heterocycles. The van der Waals surface area contributed by atoms with Crippen LogP contribution in [0.15, 0.2) is 18.2 Å². The summed E-state index contributed by atoms with van der Waals surface area (Å²) in [4.78, 5) is 25.4. The molecule has 0 aromatic heterocycles. The lowest BCUT2D eigenvalue weighted by Gasteiger charge is -2.13. The Morgan fingerprint density at radius 2 is 2.16 bits per heavy atom. The van der Waals surface area contributed by atoms with Gasteiger partial charge in [-0.3, -0.25) is 4.79 Å². The fourth-order valence-electron chi connectivity index (χ4n) is 2.33. The maximum atomic E-state index is 12.1. The standard InChI is InChI=1S/C14H18N2O3/c1-9-3-4-12(11(7-9)14(18)19)15-13(17)10-5-6-16(2)8-10/h3-4,7,10H,5-6,8H2,1-2H3,(H,15,17)(H,18,19).